The molecule has 0 aliphatic carbocycles. The molecule has 0 bridgehead atoms. The van der Waals surface area contributed by atoms with E-state index < -0.39 is 10.0 Å². The van der Waals surface area contributed by atoms with Crippen LogP contribution in [-0.4, -0.2) is 44.8 Å². The third-order valence-corrected chi connectivity index (χ3v) is 6.82. The smallest absolute Gasteiger partial charge is 0.242 e. The maximum absolute atomic E-state index is 12.5. The molecule has 2 rings (SSSR count). The van der Waals surface area contributed by atoms with Crippen molar-refractivity contribution >= 4 is 27.3 Å². The minimum Gasteiger partial charge on any atom is -0.352 e. The maximum atomic E-state index is 12.5. The SMILES string of the molecule is CCc1cnc(CNC(=NC)NCc2ccccc2S(=O)(=O)N(C)C)s1. The van der Waals surface area contributed by atoms with Gasteiger partial charge in [0, 0.05) is 38.8 Å². The third kappa shape index (κ3) is 5.03. The molecule has 0 spiro atoms. The van der Waals surface area contributed by atoms with Crippen molar-refractivity contribution in [1.82, 2.24) is 19.9 Å². The van der Waals surface area contributed by atoms with E-state index in [9.17, 15) is 8.42 Å². The van der Waals surface area contributed by atoms with Gasteiger partial charge in [-0.1, -0.05) is 25.1 Å². The van der Waals surface area contributed by atoms with E-state index >= 15 is 0 Å². The number of guanidine groups is 1. The number of hydrogen-bond acceptors (Lipinski definition) is 5. The molecular formula is C17H25N5O2S2. The summed E-state index contributed by atoms with van der Waals surface area (Å²) in [6.07, 6.45) is 2.86. The zero-order chi connectivity index (χ0) is 19.2. The molecule has 142 valence electrons. The van der Waals surface area contributed by atoms with Crippen molar-refractivity contribution in [3.05, 3.63) is 45.9 Å². The first-order valence-electron chi connectivity index (χ1n) is 8.27. The van der Waals surface area contributed by atoms with Gasteiger partial charge in [0.2, 0.25) is 10.0 Å². The summed E-state index contributed by atoms with van der Waals surface area (Å²) >= 11 is 1.67. The topological polar surface area (TPSA) is 86.7 Å². The van der Waals surface area contributed by atoms with Gasteiger partial charge in [-0.15, -0.1) is 11.3 Å². The summed E-state index contributed by atoms with van der Waals surface area (Å²) < 4.78 is 26.1. The monoisotopic (exact) mass is 395 g/mol. The molecule has 0 aliphatic rings. The van der Waals surface area contributed by atoms with E-state index in [1.807, 2.05) is 12.3 Å². The van der Waals surface area contributed by atoms with Gasteiger partial charge in [0.05, 0.1) is 11.4 Å². The fourth-order valence-electron chi connectivity index (χ4n) is 2.25. The second kappa shape index (κ2) is 9.11. The molecule has 2 N–H and O–H groups in total. The molecule has 0 radical (unpaired) electrons. The Labute approximate surface area is 159 Å². The lowest BCUT2D eigenvalue weighted by molar-refractivity contribution is 0.519. The van der Waals surface area contributed by atoms with Crippen LogP contribution in [0.25, 0.3) is 0 Å². The average molecular weight is 396 g/mol. The van der Waals surface area contributed by atoms with Crippen LogP contribution in [-0.2, 0) is 29.5 Å². The number of benzene rings is 1. The van der Waals surface area contributed by atoms with Crippen LogP contribution in [0.15, 0.2) is 40.4 Å². The summed E-state index contributed by atoms with van der Waals surface area (Å²) in [6, 6.07) is 6.96. The quantitative estimate of drug-likeness (QED) is 0.552. The molecule has 26 heavy (non-hydrogen) atoms. The predicted molar refractivity (Wildman–Crippen MR) is 106 cm³/mol. The van der Waals surface area contributed by atoms with Crippen LogP contribution in [0.3, 0.4) is 0 Å². The number of sulfonamides is 1. The molecule has 1 aromatic heterocycles. The summed E-state index contributed by atoms with van der Waals surface area (Å²) in [5.41, 5.74) is 0.687. The largest absolute Gasteiger partial charge is 0.352 e. The minimum absolute atomic E-state index is 0.292. The number of hydrogen-bond donors (Lipinski definition) is 2. The second-order valence-corrected chi connectivity index (χ2v) is 9.07. The molecule has 0 aliphatic heterocycles. The zero-order valence-corrected chi connectivity index (χ0v) is 17.1. The number of thiazole rings is 1. The second-order valence-electron chi connectivity index (χ2n) is 5.75. The summed E-state index contributed by atoms with van der Waals surface area (Å²) in [5.74, 6) is 0.593. The van der Waals surface area contributed by atoms with Gasteiger partial charge in [-0.05, 0) is 18.1 Å². The number of aromatic nitrogens is 1. The highest BCUT2D eigenvalue weighted by Crippen LogP contribution is 2.18. The van der Waals surface area contributed by atoms with Gasteiger partial charge in [-0.25, -0.2) is 17.7 Å². The summed E-state index contributed by atoms with van der Waals surface area (Å²) in [5, 5.41) is 7.35. The Morgan fingerprint density at radius 2 is 1.92 bits per heavy atom. The van der Waals surface area contributed by atoms with E-state index in [0.717, 1.165) is 11.4 Å². The molecule has 0 saturated heterocycles. The summed E-state index contributed by atoms with van der Waals surface area (Å²) in [6.45, 7) is 3.02. The maximum Gasteiger partial charge on any atom is 0.242 e. The number of nitrogens with one attached hydrogen (secondary N) is 2. The predicted octanol–water partition coefficient (Wildman–Crippen LogP) is 1.82. The highest BCUT2D eigenvalue weighted by molar-refractivity contribution is 7.89. The van der Waals surface area contributed by atoms with Gasteiger partial charge in [0.15, 0.2) is 5.96 Å². The van der Waals surface area contributed by atoms with Crippen LogP contribution in [0, 0.1) is 0 Å². The van der Waals surface area contributed by atoms with Crippen molar-refractivity contribution in [2.45, 2.75) is 31.3 Å². The van der Waals surface area contributed by atoms with Gasteiger partial charge < -0.3 is 10.6 Å². The summed E-state index contributed by atoms with van der Waals surface area (Å²) in [7, 11) is 1.24. The molecule has 1 aromatic carbocycles. The van der Waals surface area contributed by atoms with Crippen molar-refractivity contribution in [3.63, 3.8) is 0 Å². The lowest BCUT2D eigenvalue weighted by Crippen LogP contribution is -2.36. The molecule has 0 unspecified atom stereocenters. The van der Waals surface area contributed by atoms with Gasteiger partial charge in [-0.2, -0.15) is 0 Å². The van der Waals surface area contributed by atoms with Crippen molar-refractivity contribution in [2.75, 3.05) is 21.1 Å². The zero-order valence-electron chi connectivity index (χ0n) is 15.5. The normalized spacial score (nSPS) is 12.4. The minimum atomic E-state index is -3.49. The Balaban J connectivity index is 2.03. The highest BCUT2D eigenvalue weighted by atomic mass is 32.2. The van der Waals surface area contributed by atoms with Crippen molar-refractivity contribution in [1.29, 1.82) is 0 Å². The van der Waals surface area contributed by atoms with E-state index in [1.54, 1.807) is 36.6 Å². The highest BCUT2D eigenvalue weighted by Gasteiger charge is 2.20. The Bertz CT molecular complexity index is 860. The number of nitrogens with zero attached hydrogens (tertiary/aromatic N) is 3. The van der Waals surface area contributed by atoms with Crippen LogP contribution in [0.2, 0.25) is 0 Å². The molecule has 0 atom stereocenters. The van der Waals surface area contributed by atoms with Crippen LogP contribution < -0.4 is 10.6 Å². The van der Waals surface area contributed by atoms with Gasteiger partial charge in [0.25, 0.3) is 0 Å². The fourth-order valence-corrected chi connectivity index (χ4v) is 4.17. The first kappa shape index (κ1) is 20.3. The standard InChI is InChI=1S/C17H25N5O2S2/c1-5-14-11-19-16(25-14)12-21-17(18-2)20-10-13-8-6-7-9-15(13)26(23,24)22(3)4/h6-9,11H,5,10,12H2,1-4H3,(H2,18,20,21). The fraction of sp³-hybridized carbons (Fsp3) is 0.412. The molecule has 7 nitrogen and oxygen atoms in total. The van der Waals surface area contributed by atoms with E-state index in [-0.39, 0.29) is 0 Å². The first-order valence-corrected chi connectivity index (χ1v) is 10.5. The van der Waals surface area contributed by atoms with E-state index in [0.29, 0.717) is 29.5 Å². The van der Waals surface area contributed by atoms with Crippen LogP contribution in [0.5, 0.6) is 0 Å². The Morgan fingerprint density at radius 1 is 1.23 bits per heavy atom. The average Bonchev–Trinajstić information content (AvgIpc) is 3.10. The van der Waals surface area contributed by atoms with Gasteiger partial charge in [-0.3, -0.25) is 4.99 Å². The Hall–Kier alpha value is -1.97. The van der Waals surface area contributed by atoms with E-state index in [2.05, 4.69) is 27.5 Å². The van der Waals surface area contributed by atoms with Crippen molar-refractivity contribution in [2.24, 2.45) is 4.99 Å². The molecule has 1 heterocycles. The number of aliphatic imine (C=N–C) groups is 1. The van der Waals surface area contributed by atoms with Gasteiger partial charge in [0.1, 0.15) is 5.01 Å². The van der Waals surface area contributed by atoms with Crippen LogP contribution >= 0.6 is 11.3 Å². The number of aryl methyl sites for hydroxylation is 1. The summed E-state index contributed by atoms with van der Waals surface area (Å²) in [4.78, 5) is 10.1. The lowest BCUT2D eigenvalue weighted by Gasteiger charge is -2.16. The molecule has 0 saturated carbocycles. The number of rotatable bonds is 7. The Morgan fingerprint density at radius 3 is 2.54 bits per heavy atom. The molecule has 9 heteroatoms. The lowest BCUT2D eigenvalue weighted by atomic mass is 10.2. The van der Waals surface area contributed by atoms with E-state index in [4.69, 9.17) is 0 Å². The molecule has 2 aromatic rings. The van der Waals surface area contributed by atoms with E-state index in [1.165, 1.54) is 23.3 Å². The third-order valence-electron chi connectivity index (χ3n) is 3.76. The van der Waals surface area contributed by atoms with Crippen molar-refractivity contribution < 1.29 is 8.42 Å². The molecular weight excluding hydrogens is 370 g/mol. The Kier molecular flexibility index (Phi) is 7.13. The van der Waals surface area contributed by atoms with Crippen LogP contribution in [0.1, 0.15) is 22.4 Å². The molecule has 0 fully saturated rings. The van der Waals surface area contributed by atoms with Crippen LogP contribution in [0.4, 0.5) is 0 Å². The first-order chi connectivity index (χ1) is 12.4. The molecule has 0 amide bonds. The van der Waals surface area contributed by atoms with Gasteiger partial charge >= 0.3 is 0 Å². The van der Waals surface area contributed by atoms with Crippen molar-refractivity contribution in [3.8, 4) is 0 Å².